The molecule has 0 aromatic carbocycles. The quantitative estimate of drug-likeness (QED) is 0.683. The molecule has 0 aliphatic rings. The lowest BCUT2D eigenvalue weighted by Crippen LogP contribution is -2.39. The smallest absolute Gasteiger partial charge is 0.251 e. The zero-order valence-corrected chi connectivity index (χ0v) is 11.1. The van der Waals surface area contributed by atoms with Crippen LogP contribution in [0.5, 0.6) is 0 Å². The van der Waals surface area contributed by atoms with Crippen molar-refractivity contribution >= 4 is 28.5 Å². The molecule has 1 unspecified atom stereocenters. The van der Waals surface area contributed by atoms with E-state index in [1.165, 1.54) is 0 Å². The fourth-order valence-electron chi connectivity index (χ4n) is 1.14. The molecular weight excluding hydrogens is 303 g/mol. The largest absolute Gasteiger partial charge is 0.348 e. The summed E-state index contributed by atoms with van der Waals surface area (Å²) < 4.78 is 0.923. The first-order chi connectivity index (χ1) is 7.15. The predicted octanol–water partition coefficient (Wildman–Crippen LogP) is 2.27. The van der Waals surface area contributed by atoms with Crippen molar-refractivity contribution in [2.24, 2.45) is 5.92 Å². The van der Waals surface area contributed by atoms with Crippen molar-refractivity contribution in [3.05, 3.63) is 30.1 Å². The molecule has 0 saturated carbocycles. The van der Waals surface area contributed by atoms with Crippen LogP contribution in [0, 0.1) is 5.92 Å². The van der Waals surface area contributed by atoms with Crippen LogP contribution in [0.3, 0.4) is 0 Å². The third-order valence-electron chi connectivity index (χ3n) is 2.23. The standard InChI is InChI=1S/C11H15IN2O/c1-8(2)10(7-12)14-11(15)9-3-5-13-6-4-9/h3-6,8,10H,7H2,1-2H3,(H,14,15). The van der Waals surface area contributed by atoms with Crippen LogP contribution in [-0.4, -0.2) is 21.4 Å². The molecule has 0 fully saturated rings. The van der Waals surface area contributed by atoms with E-state index in [0.29, 0.717) is 11.5 Å². The van der Waals surface area contributed by atoms with Gasteiger partial charge in [0.1, 0.15) is 0 Å². The SMILES string of the molecule is CC(C)C(CI)NC(=O)c1ccncc1. The summed E-state index contributed by atoms with van der Waals surface area (Å²) in [6.07, 6.45) is 3.26. The Kier molecular flexibility index (Phi) is 5.01. The van der Waals surface area contributed by atoms with Gasteiger partial charge in [0, 0.05) is 28.4 Å². The van der Waals surface area contributed by atoms with Gasteiger partial charge in [-0.2, -0.15) is 0 Å². The summed E-state index contributed by atoms with van der Waals surface area (Å²) in [5.41, 5.74) is 0.667. The number of halogens is 1. The Morgan fingerprint density at radius 2 is 2.07 bits per heavy atom. The van der Waals surface area contributed by atoms with Crippen LogP contribution in [0.2, 0.25) is 0 Å². The number of aromatic nitrogens is 1. The second-order valence-corrected chi connectivity index (χ2v) is 4.59. The number of carbonyl (C=O) groups excluding carboxylic acids is 1. The Bertz CT molecular complexity index is 314. The number of amides is 1. The Morgan fingerprint density at radius 1 is 1.47 bits per heavy atom. The minimum Gasteiger partial charge on any atom is -0.348 e. The Labute approximate surface area is 104 Å². The normalized spacial score (nSPS) is 12.5. The van der Waals surface area contributed by atoms with Crippen molar-refractivity contribution in [1.29, 1.82) is 0 Å². The van der Waals surface area contributed by atoms with Crippen molar-refractivity contribution < 1.29 is 4.79 Å². The number of alkyl halides is 1. The van der Waals surface area contributed by atoms with Crippen molar-refractivity contribution in [3.63, 3.8) is 0 Å². The highest BCUT2D eigenvalue weighted by Gasteiger charge is 2.15. The molecule has 0 bridgehead atoms. The average Bonchev–Trinajstić information content (AvgIpc) is 2.26. The van der Waals surface area contributed by atoms with Gasteiger partial charge < -0.3 is 5.32 Å². The summed E-state index contributed by atoms with van der Waals surface area (Å²) in [5, 5.41) is 3.01. The third kappa shape index (κ3) is 3.77. The molecule has 1 heterocycles. The first-order valence-electron chi connectivity index (χ1n) is 4.92. The number of nitrogens with one attached hydrogen (secondary N) is 1. The van der Waals surface area contributed by atoms with Crippen LogP contribution in [-0.2, 0) is 0 Å². The zero-order chi connectivity index (χ0) is 11.3. The van der Waals surface area contributed by atoms with Crippen molar-refractivity contribution in [3.8, 4) is 0 Å². The van der Waals surface area contributed by atoms with E-state index in [1.807, 2.05) is 0 Å². The van der Waals surface area contributed by atoms with Crippen molar-refractivity contribution in [1.82, 2.24) is 10.3 Å². The second-order valence-electron chi connectivity index (χ2n) is 3.71. The van der Waals surface area contributed by atoms with Gasteiger partial charge in [-0.25, -0.2) is 0 Å². The lowest BCUT2D eigenvalue weighted by molar-refractivity contribution is 0.0932. The topological polar surface area (TPSA) is 42.0 Å². The van der Waals surface area contributed by atoms with E-state index >= 15 is 0 Å². The highest BCUT2D eigenvalue weighted by molar-refractivity contribution is 14.1. The first-order valence-corrected chi connectivity index (χ1v) is 6.44. The van der Waals surface area contributed by atoms with E-state index < -0.39 is 0 Å². The van der Waals surface area contributed by atoms with E-state index in [1.54, 1.807) is 24.5 Å². The molecular formula is C11H15IN2O. The maximum Gasteiger partial charge on any atom is 0.251 e. The number of rotatable bonds is 4. The van der Waals surface area contributed by atoms with Crippen LogP contribution in [0.1, 0.15) is 24.2 Å². The van der Waals surface area contributed by atoms with Crippen LogP contribution in [0.4, 0.5) is 0 Å². The van der Waals surface area contributed by atoms with Gasteiger partial charge in [0.15, 0.2) is 0 Å². The number of hydrogen-bond donors (Lipinski definition) is 1. The molecule has 82 valence electrons. The minimum absolute atomic E-state index is 0.0206. The molecule has 1 aromatic rings. The molecule has 0 radical (unpaired) electrons. The molecule has 0 aliphatic carbocycles. The summed E-state index contributed by atoms with van der Waals surface area (Å²) in [6, 6.07) is 3.67. The van der Waals surface area contributed by atoms with E-state index in [4.69, 9.17) is 0 Å². The Balaban J connectivity index is 2.63. The summed E-state index contributed by atoms with van der Waals surface area (Å²) in [7, 11) is 0. The number of carbonyl (C=O) groups is 1. The Hall–Kier alpha value is -0.650. The van der Waals surface area contributed by atoms with Crippen LogP contribution >= 0.6 is 22.6 Å². The average molecular weight is 318 g/mol. The van der Waals surface area contributed by atoms with Gasteiger partial charge in [0.25, 0.3) is 5.91 Å². The highest BCUT2D eigenvalue weighted by atomic mass is 127. The fraction of sp³-hybridized carbons (Fsp3) is 0.455. The van der Waals surface area contributed by atoms with Crippen molar-refractivity contribution in [2.45, 2.75) is 19.9 Å². The second kappa shape index (κ2) is 6.05. The lowest BCUT2D eigenvalue weighted by Gasteiger charge is -2.19. The summed E-state index contributed by atoms with van der Waals surface area (Å²) in [6.45, 7) is 4.21. The predicted molar refractivity (Wildman–Crippen MR) is 69.2 cm³/mol. The molecule has 4 heteroatoms. The van der Waals surface area contributed by atoms with Crippen LogP contribution in [0.25, 0.3) is 0 Å². The van der Waals surface area contributed by atoms with Gasteiger partial charge in [-0.15, -0.1) is 0 Å². The number of pyridine rings is 1. The first kappa shape index (κ1) is 12.4. The maximum absolute atomic E-state index is 11.8. The molecule has 0 aliphatic heterocycles. The molecule has 0 saturated heterocycles. The van der Waals surface area contributed by atoms with E-state index in [-0.39, 0.29) is 11.9 Å². The minimum atomic E-state index is -0.0206. The van der Waals surface area contributed by atoms with Crippen LogP contribution in [0.15, 0.2) is 24.5 Å². The molecule has 1 N–H and O–H groups in total. The molecule has 1 atom stereocenters. The maximum atomic E-state index is 11.8. The number of hydrogen-bond acceptors (Lipinski definition) is 2. The Morgan fingerprint density at radius 3 is 2.53 bits per heavy atom. The van der Waals surface area contributed by atoms with Gasteiger partial charge >= 0.3 is 0 Å². The van der Waals surface area contributed by atoms with Gasteiger partial charge in [0.05, 0.1) is 0 Å². The molecule has 3 nitrogen and oxygen atoms in total. The molecule has 15 heavy (non-hydrogen) atoms. The zero-order valence-electron chi connectivity index (χ0n) is 8.90. The summed E-state index contributed by atoms with van der Waals surface area (Å²) >= 11 is 2.29. The molecule has 1 amide bonds. The van der Waals surface area contributed by atoms with Gasteiger partial charge in [-0.1, -0.05) is 36.4 Å². The molecule has 1 rings (SSSR count). The monoisotopic (exact) mass is 318 g/mol. The highest BCUT2D eigenvalue weighted by Crippen LogP contribution is 2.06. The number of nitrogens with zero attached hydrogens (tertiary/aromatic N) is 1. The van der Waals surface area contributed by atoms with Gasteiger partial charge in [-0.05, 0) is 18.1 Å². The van der Waals surface area contributed by atoms with E-state index in [0.717, 1.165) is 4.43 Å². The third-order valence-corrected chi connectivity index (χ3v) is 3.18. The van der Waals surface area contributed by atoms with Gasteiger partial charge in [-0.3, -0.25) is 9.78 Å². The van der Waals surface area contributed by atoms with Crippen LogP contribution < -0.4 is 5.32 Å². The summed E-state index contributed by atoms with van der Waals surface area (Å²) in [4.78, 5) is 15.7. The summed E-state index contributed by atoms with van der Waals surface area (Å²) in [5.74, 6) is 0.431. The van der Waals surface area contributed by atoms with E-state index in [2.05, 4.69) is 46.7 Å². The lowest BCUT2D eigenvalue weighted by atomic mass is 10.1. The van der Waals surface area contributed by atoms with Crippen molar-refractivity contribution in [2.75, 3.05) is 4.43 Å². The van der Waals surface area contributed by atoms with E-state index in [9.17, 15) is 4.79 Å². The van der Waals surface area contributed by atoms with Gasteiger partial charge in [0.2, 0.25) is 0 Å². The fourth-order valence-corrected chi connectivity index (χ4v) is 2.38. The molecule has 0 spiro atoms. The molecule has 1 aromatic heterocycles.